The van der Waals surface area contributed by atoms with Crippen LogP contribution in [0.3, 0.4) is 0 Å². The quantitative estimate of drug-likeness (QED) is 0.153. The van der Waals surface area contributed by atoms with Crippen LogP contribution >= 0.6 is 20.7 Å². The van der Waals surface area contributed by atoms with E-state index in [-0.39, 0.29) is 20.7 Å². The van der Waals surface area contributed by atoms with Crippen molar-refractivity contribution in [3.05, 3.63) is 131 Å². The lowest BCUT2D eigenvalue weighted by atomic mass is 9.68. The Labute approximate surface area is 223 Å². The zero-order valence-electron chi connectivity index (χ0n) is 20.6. The van der Waals surface area contributed by atoms with Crippen molar-refractivity contribution >= 4 is 24.7 Å². The number of halogens is 1. The molecule has 0 spiro atoms. The summed E-state index contributed by atoms with van der Waals surface area (Å²) in [6.45, 7) is 2.35. The van der Waals surface area contributed by atoms with Crippen molar-refractivity contribution in [1.82, 2.24) is 0 Å². The average Bonchev–Trinajstić information content (AvgIpc) is 3.07. The van der Waals surface area contributed by atoms with Crippen LogP contribution in [-0.4, -0.2) is 15.0 Å². The molecule has 0 N–H and O–H groups in total. The lowest BCUT2D eigenvalue weighted by Gasteiger charge is -2.34. The highest BCUT2D eigenvalue weighted by atomic mass is 127. The largest absolute Gasteiger partial charge is 0.497 e. The van der Waals surface area contributed by atoms with E-state index < -0.39 is 5.41 Å². The van der Waals surface area contributed by atoms with Gasteiger partial charge in [0.05, 0.1) is 12.5 Å². The molecule has 0 radical (unpaired) electrons. The summed E-state index contributed by atoms with van der Waals surface area (Å²) < 4.78 is 15.0. The number of benzene rings is 4. The number of allylic oxidation sites excluding steroid dienone is 2. The third-order valence-corrected chi connectivity index (χ3v) is 9.96. The van der Waals surface area contributed by atoms with E-state index in [4.69, 9.17) is 9.47 Å². The van der Waals surface area contributed by atoms with Gasteiger partial charge in [0.25, 0.3) is 0 Å². The molecule has 1 heterocycles. The van der Waals surface area contributed by atoms with Gasteiger partial charge in [0.15, 0.2) is 0 Å². The molecule has 0 amide bonds. The summed E-state index contributed by atoms with van der Waals surface area (Å²) in [6, 6.07) is 34.9. The van der Waals surface area contributed by atoms with Crippen LogP contribution in [0.25, 0.3) is 11.1 Å². The molecule has 1 aliphatic carbocycles. The SMILES string of the molecule is COc1ccc(C2(c3ccc(OC4=CC=IC(C)CC4)cc3)c3ccccc3-c3ccccc32)cc1. The number of hydrogen-bond donors (Lipinski definition) is 0. The molecule has 1 atom stereocenters. The van der Waals surface area contributed by atoms with Gasteiger partial charge >= 0.3 is 0 Å². The first-order valence-electron chi connectivity index (χ1n) is 12.5. The molecular formula is C33H29IO2. The van der Waals surface area contributed by atoms with E-state index >= 15 is 0 Å². The van der Waals surface area contributed by atoms with Crippen molar-refractivity contribution in [1.29, 1.82) is 0 Å². The maximum atomic E-state index is 6.34. The second-order valence-electron chi connectivity index (χ2n) is 9.40. The Bertz CT molecular complexity index is 1400. The van der Waals surface area contributed by atoms with Gasteiger partial charge in [-0.25, -0.2) is 0 Å². The fourth-order valence-corrected chi connectivity index (χ4v) is 7.58. The Kier molecular flexibility index (Phi) is 6.26. The van der Waals surface area contributed by atoms with Crippen LogP contribution in [-0.2, 0) is 5.41 Å². The lowest BCUT2D eigenvalue weighted by Crippen LogP contribution is -2.28. The molecule has 2 aliphatic rings. The Balaban J connectivity index is 1.49. The van der Waals surface area contributed by atoms with Crippen LogP contribution in [0.2, 0.25) is 0 Å². The molecule has 36 heavy (non-hydrogen) atoms. The average molecular weight is 584 g/mol. The van der Waals surface area contributed by atoms with Crippen LogP contribution in [0.15, 0.2) is 109 Å². The summed E-state index contributed by atoms with van der Waals surface area (Å²) in [5, 5.41) is 0. The van der Waals surface area contributed by atoms with E-state index in [9.17, 15) is 0 Å². The Morgan fingerprint density at radius 1 is 0.722 bits per heavy atom. The second-order valence-corrected chi connectivity index (χ2v) is 13.0. The van der Waals surface area contributed by atoms with Crippen molar-refractivity contribution in [2.45, 2.75) is 29.1 Å². The molecule has 3 heteroatoms. The van der Waals surface area contributed by atoms with Gasteiger partial charge in [0, 0.05) is 10.3 Å². The molecular weight excluding hydrogens is 555 g/mol. The zero-order chi connectivity index (χ0) is 24.5. The van der Waals surface area contributed by atoms with Gasteiger partial charge in [-0.1, -0.05) is 79.7 Å². The van der Waals surface area contributed by atoms with Gasteiger partial charge in [-0.15, -0.1) is 20.7 Å². The predicted molar refractivity (Wildman–Crippen MR) is 158 cm³/mol. The first-order valence-corrected chi connectivity index (χ1v) is 15.0. The predicted octanol–water partition coefficient (Wildman–Crippen LogP) is 8.28. The summed E-state index contributed by atoms with van der Waals surface area (Å²) in [7, 11) is 1.72. The van der Waals surface area contributed by atoms with E-state index in [1.54, 1.807) is 7.11 Å². The summed E-state index contributed by atoms with van der Waals surface area (Å²) in [5.41, 5.74) is 7.26. The smallest absolute Gasteiger partial charge is 0.126 e. The number of hydrogen-bond acceptors (Lipinski definition) is 2. The van der Waals surface area contributed by atoms with Crippen LogP contribution in [0, 0.1) is 0 Å². The van der Waals surface area contributed by atoms with Crippen molar-refractivity contribution in [2.75, 3.05) is 7.11 Å². The highest BCUT2D eigenvalue weighted by Crippen LogP contribution is 2.56. The minimum absolute atomic E-state index is 0.132. The highest BCUT2D eigenvalue weighted by Gasteiger charge is 2.45. The summed E-state index contributed by atoms with van der Waals surface area (Å²) in [6.07, 6.45) is 4.42. The molecule has 4 aromatic carbocycles. The van der Waals surface area contributed by atoms with Gasteiger partial charge in [-0.3, -0.25) is 0 Å². The number of rotatable bonds is 5. The van der Waals surface area contributed by atoms with E-state index in [2.05, 4.69) is 114 Å². The maximum Gasteiger partial charge on any atom is 0.126 e. The van der Waals surface area contributed by atoms with Crippen LogP contribution in [0.4, 0.5) is 0 Å². The molecule has 0 aromatic heterocycles. The number of fused-ring (bicyclic) bond motifs is 3. The van der Waals surface area contributed by atoms with E-state index in [1.807, 2.05) is 0 Å². The van der Waals surface area contributed by atoms with E-state index in [1.165, 1.54) is 39.8 Å². The van der Waals surface area contributed by atoms with Gasteiger partial charge < -0.3 is 9.47 Å². The molecule has 0 saturated heterocycles. The summed E-state index contributed by atoms with van der Waals surface area (Å²) in [5.74, 6) is 2.84. The minimum atomic E-state index is -0.410. The Morgan fingerprint density at radius 3 is 1.86 bits per heavy atom. The topological polar surface area (TPSA) is 18.5 Å². The van der Waals surface area contributed by atoms with Crippen molar-refractivity contribution in [3.8, 4) is 22.6 Å². The highest BCUT2D eigenvalue weighted by molar-refractivity contribution is 14.2. The molecule has 0 bridgehead atoms. The van der Waals surface area contributed by atoms with Crippen LogP contribution in [0.5, 0.6) is 11.5 Å². The maximum absolute atomic E-state index is 6.34. The van der Waals surface area contributed by atoms with Gasteiger partial charge in [0.2, 0.25) is 0 Å². The van der Waals surface area contributed by atoms with Gasteiger partial charge in [-0.2, -0.15) is 0 Å². The molecule has 1 unspecified atom stereocenters. The van der Waals surface area contributed by atoms with Crippen molar-refractivity contribution in [2.24, 2.45) is 0 Å². The van der Waals surface area contributed by atoms with Crippen molar-refractivity contribution in [3.63, 3.8) is 0 Å². The summed E-state index contributed by atoms with van der Waals surface area (Å²) in [4.78, 5) is 0. The number of ether oxygens (including phenoxy) is 2. The second kappa shape index (κ2) is 9.70. The Hall–Kier alpha value is -3.18. The fourth-order valence-electron chi connectivity index (χ4n) is 5.59. The third-order valence-electron chi connectivity index (χ3n) is 7.34. The molecule has 6 rings (SSSR count). The third kappa shape index (κ3) is 3.90. The minimum Gasteiger partial charge on any atom is -0.497 e. The molecule has 2 nitrogen and oxygen atoms in total. The molecule has 0 saturated carbocycles. The standard InChI is InChI=1S/C33H29IO2/c1-23-11-16-28(21-22-34-23)36-27-19-14-25(15-20-27)33(24-12-17-26(35-2)18-13-24)31-9-5-3-7-29(31)30-8-4-6-10-32(30)33/h3-10,12-15,17-23H,11,16H2,1-2H3. The fraction of sp³-hybridized carbons (Fsp3) is 0.182. The lowest BCUT2D eigenvalue weighted by molar-refractivity contribution is 0.401. The molecule has 0 fully saturated rings. The molecule has 4 aromatic rings. The molecule has 1 aliphatic heterocycles. The first kappa shape index (κ1) is 23.2. The Morgan fingerprint density at radius 2 is 1.28 bits per heavy atom. The molecule has 180 valence electrons. The zero-order valence-corrected chi connectivity index (χ0v) is 22.7. The summed E-state index contributed by atoms with van der Waals surface area (Å²) >= 11 is 0.132. The van der Waals surface area contributed by atoms with E-state index in [0.29, 0.717) is 0 Å². The van der Waals surface area contributed by atoms with Crippen LogP contribution < -0.4 is 9.47 Å². The normalized spacial score (nSPS) is 17.7. The van der Waals surface area contributed by atoms with E-state index in [0.717, 1.165) is 27.6 Å². The van der Waals surface area contributed by atoms with Gasteiger partial charge in [0.1, 0.15) is 17.3 Å². The van der Waals surface area contributed by atoms with Crippen LogP contribution in [0.1, 0.15) is 42.0 Å². The van der Waals surface area contributed by atoms with Gasteiger partial charge in [-0.05, 0) is 74.2 Å². The number of alkyl halides is 1. The monoisotopic (exact) mass is 584 g/mol. The first-order chi connectivity index (χ1) is 17.7. The van der Waals surface area contributed by atoms with Crippen molar-refractivity contribution < 1.29 is 9.47 Å². The number of methoxy groups -OCH3 is 1.